The summed E-state index contributed by atoms with van der Waals surface area (Å²) in [6.45, 7) is 0. The smallest absolute Gasteiger partial charge is 0.264 e. The van der Waals surface area contributed by atoms with Crippen molar-refractivity contribution in [2.24, 2.45) is 0 Å². The highest BCUT2D eigenvalue weighted by Gasteiger charge is 2.12. The number of aromatic nitrogens is 1. The van der Waals surface area contributed by atoms with E-state index in [-0.39, 0.29) is 5.69 Å². The van der Waals surface area contributed by atoms with Gasteiger partial charge in [-0.2, -0.15) is 0 Å². The van der Waals surface area contributed by atoms with Gasteiger partial charge >= 0.3 is 0 Å². The molecule has 0 spiro atoms. The number of nitro benzene ring substituents is 1. The van der Waals surface area contributed by atoms with Crippen molar-refractivity contribution < 1.29 is 4.92 Å². The first-order chi connectivity index (χ1) is 6.70. The van der Waals surface area contributed by atoms with Crippen LogP contribution in [0, 0.1) is 10.1 Å². The van der Waals surface area contributed by atoms with Crippen molar-refractivity contribution in [2.75, 3.05) is 0 Å². The summed E-state index contributed by atoms with van der Waals surface area (Å²) in [6, 6.07) is 4.55. The fraction of sp³-hybridized carbons (Fsp3) is 0. The second kappa shape index (κ2) is 3.23. The Labute approximate surface area is 84.3 Å². The molecule has 5 heteroatoms. The van der Waals surface area contributed by atoms with E-state index in [1.807, 2.05) is 0 Å². The molecule has 0 aliphatic heterocycles. The second-order valence-electron chi connectivity index (χ2n) is 2.74. The first-order valence-electron chi connectivity index (χ1n) is 3.87. The van der Waals surface area contributed by atoms with Crippen LogP contribution in [0.3, 0.4) is 0 Å². The van der Waals surface area contributed by atoms with Crippen LogP contribution in [0.2, 0.25) is 5.02 Å². The summed E-state index contributed by atoms with van der Waals surface area (Å²) in [7, 11) is 0. The van der Waals surface area contributed by atoms with Crippen molar-refractivity contribution in [3.63, 3.8) is 0 Å². The van der Waals surface area contributed by atoms with Gasteiger partial charge in [0.25, 0.3) is 5.69 Å². The summed E-state index contributed by atoms with van der Waals surface area (Å²) < 4.78 is 0. The molecule has 0 bridgehead atoms. The molecule has 2 aromatic rings. The molecule has 0 saturated heterocycles. The Kier molecular flexibility index (Phi) is 2.05. The molecule has 70 valence electrons. The maximum absolute atomic E-state index is 10.7. The van der Waals surface area contributed by atoms with E-state index in [0.717, 1.165) is 0 Å². The fourth-order valence-electron chi connectivity index (χ4n) is 1.30. The average molecular weight is 209 g/mol. The van der Waals surface area contributed by atoms with Crippen LogP contribution in [0.1, 0.15) is 0 Å². The molecule has 0 aliphatic carbocycles. The van der Waals surface area contributed by atoms with Gasteiger partial charge in [0.05, 0.1) is 10.3 Å². The Balaban J connectivity index is 2.88. The number of rotatable bonds is 1. The maximum atomic E-state index is 10.7. The lowest BCUT2D eigenvalue weighted by atomic mass is 10.1. The van der Waals surface area contributed by atoms with Crippen LogP contribution in [0.5, 0.6) is 0 Å². The van der Waals surface area contributed by atoms with E-state index in [0.29, 0.717) is 15.8 Å². The van der Waals surface area contributed by atoms with Crippen LogP contribution in [0.25, 0.3) is 10.8 Å². The molecule has 0 saturated carbocycles. The molecule has 0 N–H and O–H groups in total. The topological polar surface area (TPSA) is 56.0 Å². The Morgan fingerprint density at radius 3 is 2.79 bits per heavy atom. The fourth-order valence-corrected chi connectivity index (χ4v) is 1.53. The number of nitro groups is 1. The maximum Gasteiger partial charge on any atom is 0.278 e. The van der Waals surface area contributed by atoms with Crippen molar-refractivity contribution in [3.8, 4) is 0 Å². The van der Waals surface area contributed by atoms with Gasteiger partial charge in [0.2, 0.25) is 0 Å². The minimum Gasteiger partial charge on any atom is -0.264 e. The average Bonchev–Trinajstić information content (AvgIpc) is 2.18. The van der Waals surface area contributed by atoms with E-state index in [2.05, 4.69) is 4.98 Å². The SMILES string of the molecule is O=[N+]([O-])c1ccc(Cl)c2ccncc12. The lowest BCUT2D eigenvalue weighted by Crippen LogP contribution is -1.90. The first kappa shape index (κ1) is 8.90. The molecular formula is C9H5ClN2O2. The molecule has 0 radical (unpaired) electrons. The van der Waals surface area contributed by atoms with Gasteiger partial charge in [-0.3, -0.25) is 15.1 Å². The first-order valence-corrected chi connectivity index (χ1v) is 4.24. The van der Waals surface area contributed by atoms with E-state index in [4.69, 9.17) is 11.6 Å². The zero-order valence-corrected chi connectivity index (χ0v) is 7.73. The summed E-state index contributed by atoms with van der Waals surface area (Å²) in [5.74, 6) is 0. The number of halogens is 1. The highest BCUT2D eigenvalue weighted by Crippen LogP contribution is 2.29. The molecule has 0 fully saturated rings. The molecule has 1 aromatic carbocycles. The Hall–Kier alpha value is -1.68. The number of fused-ring (bicyclic) bond motifs is 1. The van der Waals surface area contributed by atoms with Crippen molar-refractivity contribution >= 4 is 28.1 Å². The quantitative estimate of drug-likeness (QED) is 0.535. The van der Waals surface area contributed by atoms with Crippen LogP contribution in [0.4, 0.5) is 5.69 Å². The van der Waals surface area contributed by atoms with Gasteiger partial charge in [0.15, 0.2) is 0 Å². The third kappa shape index (κ3) is 1.29. The third-order valence-corrected chi connectivity index (χ3v) is 2.27. The summed E-state index contributed by atoms with van der Waals surface area (Å²) in [5, 5.41) is 12.3. The molecule has 2 rings (SSSR count). The van der Waals surface area contributed by atoms with E-state index in [9.17, 15) is 10.1 Å². The Morgan fingerprint density at radius 2 is 2.07 bits per heavy atom. The van der Waals surface area contributed by atoms with E-state index in [1.165, 1.54) is 18.3 Å². The molecule has 1 heterocycles. The van der Waals surface area contributed by atoms with Crippen LogP contribution in [-0.2, 0) is 0 Å². The predicted molar refractivity (Wildman–Crippen MR) is 53.4 cm³/mol. The summed E-state index contributed by atoms with van der Waals surface area (Å²) in [5.41, 5.74) is 0.0255. The van der Waals surface area contributed by atoms with Crippen molar-refractivity contribution in [3.05, 3.63) is 45.7 Å². The number of nitrogens with zero attached hydrogens (tertiary/aromatic N) is 2. The largest absolute Gasteiger partial charge is 0.278 e. The van der Waals surface area contributed by atoms with E-state index < -0.39 is 4.92 Å². The van der Waals surface area contributed by atoms with Gasteiger partial charge in [-0.05, 0) is 12.1 Å². The van der Waals surface area contributed by atoms with Crippen LogP contribution < -0.4 is 0 Å². The molecule has 0 atom stereocenters. The standard InChI is InChI=1S/C9H5ClN2O2/c10-8-1-2-9(12(13)14)7-5-11-4-3-6(7)8/h1-5H. The van der Waals surface area contributed by atoms with Gasteiger partial charge in [0.1, 0.15) is 0 Å². The molecule has 0 amide bonds. The molecule has 1 aromatic heterocycles. The van der Waals surface area contributed by atoms with E-state index in [1.54, 1.807) is 12.3 Å². The number of hydrogen-bond acceptors (Lipinski definition) is 3. The number of non-ortho nitro benzene ring substituents is 1. The molecule has 0 aliphatic rings. The lowest BCUT2D eigenvalue weighted by molar-refractivity contribution is -0.383. The minimum absolute atomic E-state index is 0.0255. The Morgan fingerprint density at radius 1 is 1.29 bits per heavy atom. The third-order valence-electron chi connectivity index (χ3n) is 1.94. The zero-order chi connectivity index (χ0) is 10.1. The predicted octanol–water partition coefficient (Wildman–Crippen LogP) is 2.80. The van der Waals surface area contributed by atoms with Gasteiger partial charge in [-0.1, -0.05) is 11.6 Å². The lowest BCUT2D eigenvalue weighted by Gasteiger charge is -1.99. The molecule has 14 heavy (non-hydrogen) atoms. The van der Waals surface area contributed by atoms with Gasteiger partial charge in [0, 0.05) is 28.9 Å². The second-order valence-corrected chi connectivity index (χ2v) is 3.15. The van der Waals surface area contributed by atoms with Crippen LogP contribution in [-0.4, -0.2) is 9.91 Å². The number of hydrogen-bond donors (Lipinski definition) is 0. The normalized spacial score (nSPS) is 10.4. The van der Waals surface area contributed by atoms with Gasteiger partial charge < -0.3 is 0 Å². The van der Waals surface area contributed by atoms with Gasteiger partial charge in [-0.25, -0.2) is 0 Å². The van der Waals surface area contributed by atoms with Crippen molar-refractivity contribution in [2.45, 2.75) is 0 Å². The highest BCUT2D eigenvalue weighted by atomic mass is 35.5. The minimum atomic E-state index is -0.444. The van der Waals surface area contributed by atoms with Crippen molar-refractivity contribution in [1.29, 1.82) is 0 Å². The monoisotopic (exact) mass is 208 g/mol. The van der Waals surface area contributed by atoms with Crippen molar-refractivity contribution in [1.82, 2.24) is 4.98 Å². The molecule has 0 unspecified atom stereocenters. The highest BCUT2D eigenvalue weighted by molar-refractivity contribution is 6.35. The van der Waals surface area contributed by atoms with E-state index >= 15 is 0 Å². The summed E-state index contributed by atoms with van der Waals surface area (Å²) in [6.07, 6.45) is 3.00. The van der Waals surface area contributed by atoms with Crippen LogP contribution >= 0.6 is 11.6 Å². The summed E-state index contributed by atoms with van der Waals surface area (Å²) in [4.78, 5) is 14.1. The van der Waals surface area contributed by atoms with Crippen LogP contribution in [0.15, 0.2) is 30.6 Å². The number of pyridine rings is 1. The number of benzene rings is 1. The summed E-state index contributed by atoms with van der Waals surface area (Å²) >= 11 is 5.88. The molecule has 4 nitrogen and oxygen atoms in total. The van der Waals surface area contributed by atoms with Gasteiger partial charge in [-0.15, -0.1) is 0 Å². The molecular weight excluding hydrogens is 204 g/mol. The zero-order valence-electron chi connectivity index (χ0n) is 6.98. The Bertz CT molecular complexity index is 513.